The van der Waals surface area contributed by atoms with Gasteiger partial charge in [-0.2, -0.15) is 0 Å². The van der Waals surface area contributed by atoms with Crippen molar-refractivity contribution < 1.29 is 19.4 Å². The van der Waals surface area contributed by atoms with Crippen molar-refractivity contribution in [2.45, 2.75) is 51.6 Å². The highest BCUT2D eigenvalue weighted by atomic mass is 16.5. The number of nitrogens with zero attached hydrogens (tertiary/aromatic N) is 1. The van der Waals surface area contributed by atoms with Crippen LogP contribution in [0.15, 0.2) is 0 Å². The van der Waals surface area contributed by atoms with E-state index in [9.17, 15) is 9.59 Å². The Balaban J connectivity index is 2.11. The van der Waals surface area contributed by atoms with Crippen molar-refractivity contribution in [3.05, 3.63) is 0 Å². The third-order valence-electron chi connectivity index (χ3n) is 3.46. The number of ether oxygens (including phenoxy) is 1. The number of carbonyl (C=O) groups excluding carboxylic acids is 1. The van der Waals surface area contributed by atoms with E-state index < -0.39 is 5.97 Å². The molecule has 0 aromatic heterocycles. The van der Waals surface area contributed by atoms with Crippen LogP contribution in [-0.4, -0.2) is 54.4 Å². The fourth-order valence-corrected chi connectivity index (χ4v) is 2.22. The van der Waals surface area contributed by atoms with E-state index in [0.29, 0.717) is 13.1 Å². The van der Waals surface area contributed by atoms with Gasteiger partial charge in [0.25, 0.3) is 0 Å². The van der Waals surface area contributed by atoms with Crippen LogP contribution in [0.1, 0.15) is 45.4 Å². The average Bonchev–Trinajstić information content (AvgIpc) is 2.44. The Labute approximate surface area is 120 Å². The number of carboxylic acid groups (broad SMARTS) is 1. The minimum Gasteiger partial charge on any atom is -0.481 e. The van der Waals surface area contributed by atoms with Gasteiger partial charge in [0.2, 0.25) is 0 Å². The number of nitrogens with one attached hydrogen (secondary N) is 1. The largest absolute Gasteiger partial charge is 0.481 e. The number of hydrogen-bond donors (Lipinski definition) is 2. The Bertz CT molecular complexity index is 302. The molecular formula is C14H26N2O4. The number of rotatable bonds is 8. The summed E-state index contributed by atoms with van der Waals surface area (Å²) in [5.41, 5.74) is 0. The summed E-state index contributed by atoms with van der Waals surface area (Å²) in [5, 5.41) is 11.5. The van der Waals surface area contributed by atoms with Gasteiger partial charge >= 0.3 is 12.0 Å². The predicted octanol–water partition coefficient (Wildman–Crippen LogP) is 1.84. The van der Waals surface area contributed by atoms with Crippen LogP contribution in [0.25, 0.3) is 0 Å². The van der Waals surface area contributed by atoms with E-state index in [1.54, 1.807) is 0 Å². The first-order valence-electron chi connectivity index (χ1n) is 7.49. The summed E-state index contributed by atoms with van der Waals surface area (Å²) >= 11 is 0. The quantitative estimate of drug-likeness (QED) is 0.667. The molecule has 116 valence electrons. The molecule has 0 atom stereocenters. The molecule has 0 saturated carbocycles. The number of hydrogen-bond acceptors (Lipinski definition) is 3. The fraction of sp³-hybridized carbons (Fsp3) is 0.857. The summed E-state index contributed by atoms with van der Waals surface area (Å²) in [6, 6.07) is 0.00471. The lowest BCUT2D eigenvalue weighted by molar-refractivity contribution is -0.138. The predicted molar refractivity (Wildman–Crippen MR) is 75.7 cm³/mol. The van der Waals surface area contributed by atoms with Crippen LogP contribution in [-0.2, 0) is 9.53 Å². The minimum absolute atomic E-state index is 0.00471. The van der Waals surface area contributed by atoms with E-state index >= 15 is 0 Å². The number of urea groups is 1. The average molecular weight is 286 g/mol. The van der Waals surface area contributed by atoms with Crippen molar-refractivity contribution in [3.8, 4) is 0 Å². The third-order valence-corrected chi connectivity index (χ3v) is 3.46. The molecule has 1 heterocycles. The number of carbonyl (C=O) groups is 2. The number of amides is 2. The Hall–Kier alpha value is -1.30. The fourth-order valence-electron chi connectivity index (χ4n) is 2.22. The second-order valence-corrected chi connectivity index (χ2v) is 5.14. The summed E-state index contributed by atoms with van der Waals surface area (Å²) in [6.45, 7) is 4.48. The maximum absolute atomic E-state index is 11.9. The molecule has 0 bridgehead atoms. The van der Waals surface area contributed by atoms with Gasteiger partial charge in [-0.3, -0.25) is 4.79 Å². The number of carboxylic acids is 1. The van der Waals surface area contributed by atoms with E-state index in [-0.39, 0.29) is 25.2 Å². The van der Waals surface area contributed by atoms with E-state index in [0.717, 1.165) is 38.6 Å². The van der Waals surface area contributed by atoms with Crippen LogP contribution in [0.2, 0.25) is 0 Å². The second kappa shape index (κ2) is 9.58. The number of unbranched alkanes of at least 4 members (excludes halogenated alkanes) is 2. The van der Waals surface area contributed by atoms with Crippen molar-refractivity contribution in [1.82, 2.24) is 10.2 Å². The summed E-state index contributed by atoms with van der Waals surface area (Å²) in [7, 11) is 0. The van der Waals surface area contributed by atoms with Crippen LogP contribution >= 0.6 is 0 Å². The topological polar surface area (TPSA) is 78.9 Å². The monoisotopic (exact) mass is 286 g/mol. The van der Waals surface area contributed by atoms with Crippen molar-refractivity contribution >= 4 is 12.0 Å². The first kappa shape index (κ1) is 16.8. The van der Waals surface area contributed by atoms with Gasteiger partial charge in [-0.1, -0.05) is 19.8 Å². The van der Waals surface area contributed by atoms with E-state index in [4.69, 9.17) is 9.84 Å². The molecule has 2 amide bonds. The zero-order valence-electron chi connectivity index (χ0n) is 12.3. The van der Waals surface area contributed by atoms with Crippen molar-refractivity contribution in [2.24, 2.45) is 0 Å². The molecule has 6 heteroatoms. The second-order valence-electron chi connectivity index (χ2n) is 5.14. The SMILES string of the molecule is CCCCCNC(=O)N1CCC(OCCC(=O)O)CC1. The van der Waals surface area contributed by atoms with Gasteiger partial charge in [-0.25, -0.2) is 4.79 Å². The lowest BCUT2D eigenvalue weighted by Gasteiger charge is -2.31. The lowest BCUT2D eigenvalue weighted by atomic mass is 10.1. The van der Waals surface area contributed by atoms with Gasteiger partial charge in [0.15, 0.2) is 0 Å². The van der Waals surface area contributed by atoms with E-state index in [2.05, 4.69) is 12.2 Å². The highest BCUT2D eigenvalue weighted by molar-refractivity contribution is 5.74. The van der Waals surface area contributed by atoms with Crippen LogP contribution < -0.4 is 5.32 Å². The Kier molecular flexibility index (Phi) is 8.02. The molecule has 6 nitrogen and oxygen atoms in total. The minimum atomic E-state index is -0.839. The third kappa shape index (κ3) is 6.75. The summed E-state index contributed by atoms with van der Waals surface area (Å²) in [4.78, 5) is 24.1. The molecule has 1 rings (SSSR count). The molecule has 0 aromatic rings. The molecule has 0 radical (unpaired) electrons. The molecule has 20 heavy (non-hydrogen) atoms. The lowest BCUT2D eigenvalue weighted by Crippen LogP contribution is -2.46. The summed E-state index contributed by atoms with van der Waals surface area (Å²) < 4.78 is 5.50. The molecule has 0 aromatic carbocycles. The maximum Gasteiger partial charge on any atom is 0.317 e. The number of aliphatic carboxylic acids is 1. The molecule has 1 aliphatic rings. The van der Waals surface area contributed by atoms with Crippen LogP contribution in [0.3, 0.4) is 0 Å². The van der Waals surface area contributed by atoms with Gasteiger partial charge in [0.1, 0.15) is 0 Å². The molecule has 1 aliphatic heterocycles. The summed E-state index contributed by atoms with van der Waals surface area (Å²) in [6.07, 6.45) is 4.99. The van der Waals surface area contributed by atoms with Gasteiger partial charge in [-0.05, 0) is 19.3 Å². The molecule has 1 fully saturated rings. The van der Waals surface area contributed by atoms with Gasteiger partial charge in [0.05, 0.1) is 19.1 Å². The molecule has 2 N–H and O–H groups in total. The Morgan fingerprint density at radius 2 is 2.00 bits per heavy atom. The highest BCUT2D eigenvalue weighted by Gasteiger charge is 2.22. The molecule has 0 unspecified atom stereocenters. The van der Waals surface area contributed by atoms with Gasteiger partial charge < -0.3 is 20.1 Å². The van der Waals surface area contributed by atoms with Crippen molar-refractivity contribution in [3.63, 3.8) is 0 Å². The first-order valence-corrected chi connectivity index (χ1v) is 7.49. The molecule has 0 spiro atoms. The first-order chi connectivity index (χ1) is 9.63. The standard InChI is InChI=1S/C14H26N2O4/c1-2-3-4-8-15-14(19)16-9-5-12(6-10-16)20-11-7-13(17)18/h12H,2-11H2,1H3,(H,15,19)(H,17,18). The van der Waals surface area contributed by atoms with E-state index in [1.165, 1.54) is 0 Å². The van der Waals surface area contributed by atoms with Crippen LogP contribution in [0, 0.1) is 0 Å². The van der Waals surface area contributed by atoms with Crippen molar-refractivity contribution in [2.75, 3.05) is 26.2 Å². The van der Waals surface area contributed by atoms with Gasteiger partial charge in [-0.15, -0.1) is 0 Å². The summed E-state index contributed by atoms with van der Waals surface area (Å²) in [5.74, 6) is -0.839. The number of piperidine rings is 1. The smallest absolute Gasteiger partial charge is 0.317 e. The highest BCUT2D eigenvalue weighted by Crippen LogP contribution is 2.14. The molecule has 0 aliphatic carbocycles. The van der Waals surface area contributed by atoms with Crippen molar-refractivity contribution in [1.29, 1.82) is 0 Å². The maximum atomic E-state index is 11.9. The zero-order chi connectivity index (χ0) is 14.8. The normalized spacial score (nSPS) is 16.1. The zero-order valence-corrected chi connectivity index (χ0v) is 12.3. The Morgan fingerprint density at radius 1 is 1.30 bits per heavy atom. The molecule has 1 saturated heterocycles. The van der Waals surface area contributed by atoms with Crippen LogP contribution in [0.4, 0.5) is 4.79 Å². The number of likely N-dealkylation sites (tertiary alicyclic amines) is 1. The Morgan fingerprint density at radius 3 is 2.60 bits per heavy atom. The van der Waals surface area contributed by atoms with E-state index in [1.807, 2.05) is 4.90 Å². The molecular weight excluding hydrogens is 260 g/mol. The van der Waals surface area contributed by atoms with Gasteiger partial charge in [0, 0.05) is 19.6 Å². The van der Waals surface area contributed by atoms with Crippen LogP contribution in [0.5, 0.6) is 0 Å².